The molecular weight excluding hydrogens is 360 g/mol. The number of hydrogen-bond acceptors (Lipinski definition) is 7. The lowest BCUT2D eigenvalue weighted by Gasteiger charge is -2.14. The Bertz CT molecular complexity index is 949. The summed E-state index contributed by atoms with van der Waals surface area (Å²) in [6, 6.07) is 10.9. The molecule has 1 fully saturated rings. The molecule has 124 valence electrons. The largest absolute Gasteiger partial charge is 0.465 e. The van der Waals surface area contributed by atoms with Crippen LogP contribution in [0.2, 0.25) is 5.02 Å². The molecule has 25 heavy (non-hydrogen) atoms. The van der Waals surface area contributed by atoms with Gasteiger partial charge in [-0.25, -0.2) is 4.98 Å². The monoisotopic (exact) mass is 370 g/mol. The van der Waals surface area contributed by atoms with Gasteiger partial charge in [0, 0.05) is 22.6 Å². The second kappa shape index (κ2) is 7.02. The number of carbonyl (C=O) groups excluding carboxylic acids is 1. The molecule has 3 rings (SSSR count). The highest BCUT2D eigenvalue weighted by atomic mass is 35.5. The summed E-state index contributed by atoms with van der Waals surface area (Å²) in [6.45, 7) is 0.335. The van der Waals surface area contributed by atoms with Crippen molar-refractivity contribution in [1.82, 2.24) is 4.98 Å². The maximum absolute atomic E-state index is 11.7. The molecule has 2 heterocycles. The van der Waals surface area contributed by atoms with Crippen molar-refractivity contribution in [2.75, 3.05) is 12.3 Å². The fraction of sp³-hybridized carbons (Fsp3) is 0.176. The van der Waals surface area contributed by atoms with Crippen LogP contribution in [0.25, 0.3) is 11.1 Å². The first-order valence-electron chi connectivity index (χ1n) is 7.28. The first-order chi connectivity index (χ1) is 12.1. The summed E-state index contributed by atoms with van der Waals surface area (Å²) in [5, 5.41) is 19.4. The number of anilines is 1. The molecule has 1 aromatic carbocycles. The van der Waals surface area contributed by atoms with Gasteiger partial charge in [0.1, 0.15) is 33.8 Å². The van der Waals surface area contributed by atoms with E-state index in [1.807, 2.05) is 6.07 Å². The molecule has 1 unspecified atom stereocenters. The number of thioether (sulfide) groups is 1. The van der Waals surface area contributed by atoms with Crippen molar-refractivity contribution >= 4 is 35.1 Å². The minimum Gasteiger partial charge on any atom is -0.465 e. The zero-order valence-electron chi connectivity index (χ0n) is 12.8. The van der Waals surface area contributed by atoms with Crippen molar-refractivity contribution in [3.63, 3.8) is 0 Å². The number of hydrogen-bond donors (Lipinski definition) is 1. The lowest BCUT2D eigenvalue weighted by Crippen LogP contribution is -2.11. The second-order valence-electron chi connectivity index (χ2n) is 5.19. The molecule has 2 N–H and O–H groups in total. The average Bonchev–Trinajstić information content (AvgIpc) is 3.00. The normalized spacial score (nSPS) is 16.1. The minimum atomic E-state index is -0.453. The van der Waals surface area contributed by atoms with E-state index in [4.69, 9.17) is 22.1 Å². The number of ether oxygens (including phenoxy) is 1. The number of nitrogens with two attached hydrogens (primary N) is 1. The van der Waals surface area contributed by atoms with Gasteiger partial charge < -0.3 is 10.5 Å². The Balaban J connectivity index is 2.22. The van der Waals surface area contributed by atoms with Crippen molar-refractivity contribution in [1.29, 1.82) is 10.5 Å². The van der Waals surface area contributed by atoms with Crippen LogP contribution in [-0.4, -0.2) is 22.8 Å². The number of nitriles is 2. The van der Waals surface area contributed by atoms with E-state index in [2.05, 4.69) is 11.1 Å². The van der Waals surface area contributed by atoms with Crippen LogP contribution in [0.4, 0.5) is 5.82 Å². The molecule has 0 bridgehead atoms. The van der Waals surface area contributed by atoms with Crippen molar-refractivity contribution in [2.45, 2.75) is 16.7 Å². The van der Waals surface area contributed by atoms with Crippen LogP contribution in [0.1, 0.15) is 17.5 Å². The first kappa shape index (κ1) is 17.1. The van der Waals surface area contributed by atoms with E-state index < -0.39 is 5.25 Å². The highest BCUT2D eigenvalue weighted by Gasteiger charge is 2.31. The van der Waals surface area contributed by atoms with Crippen LogP contribution in [0.3, 0.4) is 0 Å². The Kier molecular flexibility index (Phi) is 4.80. The number of aromatic nitrogens is 1. The summed E-state index contributed by atoms with van der Waals surface area (Å²) in [4.78, 5) is 15.9. The van der Waals surface area contributed by atoms with E-state index in [9.17, 15) is 15.3 Å². The second-order valence-corrected chi connectivity index (χ2v) is 6.79. The van der Waals surface area contributed by atoms with E-state index in [1.165, 1.54) is 0 Å². The average molecular weight is 371 g/mol. The number of halogens is 1. The molecule has 1 aliphatic rings. The molecule has 0 amide bonds. The van der Waals surface area contributed by atoms with Crippen LogP contribution in [0.15, 0.2) is 29.3 Å². The Morgan fingerprint density at radius 1 is 1.28 bits per heavy atom. The van der Waals surface area contributed by atoms with E-state index in [0.717, 1.165) is 11.8 Å². The summed E-state index contributed by atoms with van der Waals surface area (Å²) >= 11 is 7.37. The number of nitrogens with zero attached hydrogens (tertiary/aromatic N) is 3. The van der Waals surface area contributed by atoms with Gasteiger partial charge in [-0.15, -0.1) is 0 Å². The van der Waals surface area contributed by atoms with E-state index >= 15 is 0 Å². The Hall–Kier alpha value is -2.74. The first-order valence-corrected chi connectivity index (χ1v) is 8.54. The van der Waals surface area contributed by atoms with Gasteiger partial charge in [0.15, 0.2) is 0 Å². The van der Waals surface area contributed by atoms with Gasteiger partial charge >= 0.3 is 5.97 Å². The molecule has 0 spiro atoms. The van der Waals surface area contributed by atoms with Gasteiger partial charge in [0.05, 0.1) is 12.2 Å². The van der Waals surface area contributed by atoms with Crippen molar-refractivity contribution < 1.29 is 9.53 Å². The molecule has 1 atom stereocenters. The molecule has 0 saturated carbocycles. The van der Waals surface area contributed by atoms with Gasteiger partial charge in [-0.1, -0.05) is 41.6 Å². The van der Waals surface area contributed by atoms with E-state index in [-0.39, 0.29) is 27.9 Å². The lowest BCUT2D eigenvalue weighted by molar-refractivity contribution is -0.137. The fourth-order valence-electron chi connectivity index (χ4n) is 2.54. The van der Waals surface area contributed by atoms with E-state index in [1.54, 1.807) is 24.3 Å². The number of rotatable bonds is 3. The molecule has 1 aromatic heterocycles. The molecule has 0 aliphatic carbocycles. The molecule has 1 saturated heterocycles. The van der Waals surface area contributed by atoms with Crippen molar-refractivity contribution in [3.8, 4) is 23.3 Å². The van der Waals surface area contributed by atoms with Gasteiger partial charge in [0.25, 0.3) is 0 Å². The number of pyridine rings is 1. The number of benzene rings is 1. The number of nitrogen functional groups attached to an aromatic ring is 1. The summed E-state index contributed by atoms with van der Waals surface area (Å²) in [6.07, 6.45) is 0.525. The molecule has 1 aliphatic heterocycles. The van der Waals surface area contributed by atoms with Crippen molar-refractivity contribution in [2.24, 2.45) is 0 Å². The third kappa shape index (κ3) is 3.12. The van der Waals surface area contributed by atoms with Gasteiger partial charge in [-0.2, -0.15) is 10.5 Å². The van der Waals surface area contributed by atoms with Crippen LogP contribution < -0.4 is 5.73 Å². The topological polar surface area (TPSA) is 113 Å². The van der Waals surface area contributed by atoms with Crippen LogP contribution >= 0.6 is 23.4 Å². The predicted octanol–water partition coefficient (Wildman–Crippen LogP) is 3.14. The third-order valence-corrected chi connectivity index (χ3v) is 5.26. The van der Waals surface area contributed by atoms with Gasteiger partial charge in [0.2, 0.25) is 0 Å². The molecular formula is C17H11ClN4O2S. The number of esters is 1. The SMILES string of the molecule is N#Cc1c(N)nc(SC2CCOC2=O)c(C#N)c1-c1ccccc1Cl. The zero-order valence-corrected chi connectivity index (χ0v) is 14.4. The lowest BCUT2D eigenvalue weighted by atomic mass is 9.97. The quantitative estimate of drug-likeness (QED) is 0.825. The Labute approximate surface area is 153 Å². The highest BCUT2D eigenvalue weighted by molar-refractivity contribution is 8.00. The maximum atomic E-state index is 11.7. The zero-order chi connectivity index (χ0) is 18.0. The fourth-order valence-corrected chi connectivity index (χ4v) is 3.83. The standard InChI is InChI=1S/C17H11ClN4O2S/c18-12-4-2-1-3-9(12)14-10(7-19)15(21)22-16(11(14)8-20)25-13-5-6-24-17(13)23/h1-4,13H,5-6H2,(H2,21,22). The molecule has 0 radical (unpaired) electrons. The molecule has 6 nitrogen and oxygen atoms in total. The summed E-state index contributed by atoms with van der Waals surface area (Å²) in [5.41, 5.74) is 7.04. The summed E-state index contributed by atoms with van der Waals surface area (Å²) in [5.74, 6) is -0.358. The van der Waals surface area contributed by atoms with E-state index in [0.29, 0.717) is 29.2 Å². The predicted molar refractivity (Wildman–Crippen MR) is 93.7 cm³/mol. The summed E-state index contributed by atoms with van der Waals surface area (Å²) < 4.78 is 4.95. The Morgan fingerprint density at radius 3 is 2.60 bits per heavy atom. The number of cyclic esters (lactones) is 1. The maximum Gasteiger partial charge on any atom is 0.319 e. The van der Waals surface area contributed by atoms with Crippen LogP contribution in [0, 0.1) is 22.7 Å². The third-order valence-electron chi connectivity index (χ3n) is 3.70. The molecule has 8 heteroatoms. The Morgan fingerprint density at radius 2 is 2.00 bits per heavy atom. The van der Waals surface area contributed by atoms with Crippen molar-refractivity contribution in [3.05, 3.63) is 40.4 Å². The highest BCUT2D eigenvalue weighted by Crippen LogP contribution is 2.40. The van der Waals surface area contributed by atoms with Crippen LogP contribution in [-0.2, 0) is 9.53 Å². The molecule has 2 aromatic rings. The number of carbonyl (C=O) groups is 1. The smallest absolute Gasteiger partial charge is 0.319 e. The van der Waals surface area contributed by atoms with Gasteiger partial charge in [-0.3, -0.25) is 4.79 Å². The minimum absolute atomic E-state index is 0.00900. The van der Waals surface area contributed by atoms with Gasteiger partial charge in [-0.05, 0) is 6.07 Å². The summed E-state index contributed by atoms with van der Waals surface area (Å²) in [7, 11) is 0. The van der Waals surface area contributed by atoms with Crippen LogP contribution in [0.5, 0.6) is 0 Å².